The molecule has 0 saturated carbocycles. The zero-order chi connectivity index (χ0) is 37.5. The summed E-state index contributed by atoms with van der Waals surface area (Å²) in [5.74, 6) is -0.199. The molecule has 0 bridgehead atoms. The van der Waals surface area contributed by atoms with Gasteiger partial charge in [0, 0.05) is 25.2 Å². The molecule has 12 nitrogen and oxygen atoms in total. The number of fused-ring (bicyclic) bond motifs is 2. The van der Waals surface area contributed by atoms with Crippen molar-refractivity contribution in [1.29, 1.82) is 0 Å². The maximum Gasteiger partial charge on any atom is 0.412 e. The Hall–Kier alpha value is -4.02. The van der Waals surface area contributed by atoms with Gasteiger partial charge in [-0.2, -0.15) is 4.31 Å². The summed E-state index contributed by atoms with van der Waals surface area (Å²) in [6.07, 6.45) is -1.28. The van der Waals surface area contributed by atoms with E-state index in [9.17, 15) is 22.0 Å². The van der Waals surface area contributed by atoms with E-state index in [-0.39, 0.29) is 56.2 Å². The van der Waals surface area contributed by atoms with Crippen LogP contribution in [0.4, 0.5) is 13.6 Å². The average molecular weight is 759 g/mol. The summed E-state index contributed by atoms with van der Waals surface area (Å²) >= 11 is 0. The van der Waals surface area contributed by atoms with E-state index < -0.39 is 58.0 Å². The van der Waals surface area contributed by atoms with Crippen LogP contribution in [0.5, 0.6) is 17.2 Å². The molecule has 3 fully saturated rings. The molecule has 3 aromatic carbocycles. The minimum atomic E-state index is -4.06. The molecular formula is C38H44F2N2O10S. The number of rotatable bonds is 12. The van der Waals surface area contributed by atoms with Crippen LogP contribution in [0.2, 0.25) is 0 Å². The first-order valence-corrected chi connectivity index (χ1v) is 19.2. The van der Waals surface area contributed by atoms with Gasteiger partial charge in [0.1, 0.15) is 35.8 Å². The highest BCUT2D eigenvalue weighted by Crippen LogP contribution is 2.40. The van der Waals surface area contributed by atoms with Crippen LogP contribution in [0.3, 0.4) is 0 Å². The van der Waals surface area contributed by atoms with Gasteiger partial charge in [0.2, 0.25) is 16.8 Å². The Labute approximate surface area is 307 Å². The third kappa shape index (κ3) is 8.09. The maximum absolute atomic E-state index is 14.3. The molecule has 7 rings (SSSR count). The first kappa shape index (κ1) is 37.3. The van der Waals surface area contributed by atoms with Crippen molar-refractivity contribution in [1.82, 2.24) is 9.21 Å². The first-order valence-electron chi connectivity index (χ1n) is 17.7. The minimum absolute atomic E-state index is 0.00859. The zero-order valence-corrected chi connectivity index (χ0v) is 30.9. The highest BCUT2D eigenvalue weighted by molar-refractivity contribution is 7.89. The number of amides is 1. The van der Waals surface area contributed by atoms with Crippen molar-refractivity contribution in [3.8, 4) is 17.2 Å². The lowest BCUT2D eigenvalue weighted by Crippen LogP contribution is -2.51. The van der Waals surface area contributed by atoms with Crippen molar-refractivity contribution in [3.05, 3.63) is 83.4 Å². The third-order valence-electron chi connectivity index (χ3n) is 9.85. The van der Waals surface area contributed by atoms with Gasteiger partial charge in [-0.05, 0) is 80.1 Å². The second kappa shape index (κ2) is 15.0. The number of hydrogen-bond acceptors (Lipinski definition) is 10. The van der Waals surface area contributed by atoms with Gasteiger partial charge >= 0.3 is 6.09 Å². The Morgan fingerprint density at radius 2 is 1.72 bits per heavy atom. The number of benzene rings is 3. The fraction of sp³-hybridized carbons (Fsp3) is 0.500. The molecular weight excluding hydrogens is 714 g/mol. The molecule has 0 aliphatic carbocycles. The Morgan fingerprint density at radius 3 is 2.45 bits per heavy atom. The van der Waals surface area contributed by atoms with Crippen LogP contribution in [-0.4, -0.2) is 87.1 Å². The van der Waals surface area contributed by atoms with Crippen LogP contribution in [0.25, 0.3) is 0 Å². The minimum Gasteiger partial charge on any atom is -0.489 e. The van der Waals surface area contributed by atoms with Crippen molar-refractivity contribution in [2.45, 2.75) is 82.3 Å². The van der Waals surface area contributed by atoms with Crippen LogP contribution in [0.1, 0.15) is 45.2 Å². The largest absolute Gasteiger partial charge is 0.489 e. The summed E-state index contributed by atoms with van der Waals surface area (Å²) in [5.41, 5.74) is -0.0170. The molecule has 53 heavy (non-hydrogen) atoms. The van der Waals surface area contributed by atoms with Crippen molar-refractivity contribution in [3.63, 3.8) is 0 Å². The Morgan fingerprint density at radius 1 is 0.981 bits per heavy atom. The number of sulfonamides is 1. The molecule has 1 amide bonds. The molecule has 0 N–H and O–H groups in total. The highest BCUT2D eigenvalue weighted by Gasteiger charge is 2.53. The van der Waals surface area contributed by atoms with Gasteiger partial charge in [-0.1, -0.05) is 26.0 Å². The van der Waals surface area contributed by atoms with E-state index >= 15 is 0 Å². The monoisotopic (exact) mass is 758 g/mol. The van der Waals surface area contributed by atoms with E-state index in [2.05, 4.69) is 0 Å². The summed E-state index contributed by atoms with van der Waals surface area (Å²) in [7, 11) is -4.06. The van der Waals surface area contributed by atoms with E-state index in [0.29, 0.717) is 35.8 Å². The van der Waals surface area contributed by atoms with Crippen molar-refractivity contribution in [2.24, 2.45) is 11.8 Å². The van der Waals surface area contributed by atoms with Crippen molar-refractivity contribution >= 4 is 16.1 Å². The van der Waals surface area contributed by atoms with Gasteiger partial charge in [0.15, 0.2) is 17.8 Å². The molecule has 0 spiro atoms. The lowest BCUT2D eigenvalue weighted by atomic mass is 9.99. The number of hydrogen-bond donors (Lipinski definition) is 0. The molecule has 3 saturated heterocycles. The van der Waals surface area contributed by atoms with Crippen LogP contribution >= 0.6 is 0 Å². The van der Waals surface area contributed by atoms with Gasteiger partial charge in [-0.25, -0.2) is 22.0 Å². The zero-order valence-electron chi connectivity index (χ0n) is 30.0. The molecule has 4 aliphatic heterocycles. The molecule has 3 unspecified atom stereocenters. The van der Waals surface area contributed by atoms with Crippen LogP contribution in [0.15, 0.2) is 65.6 Å². The topological polar surface area (TPSA) is 122 Å². The molecule has 4 aliphatic rings. The van der Waals surface area contributed by atoms with E-state index in [1.165, 1.54) is 28.6 Å². The van der Waals surface area contributed by atoms with E-state index in [1.54, 1.807) is 36.9 Å². The number of carbonyl (C=O) groups is 1. The third-order valence-corrected chi connectivity index (χ3v) is 11.7. The summed E-state index contributed by atoms with van der Waals surface area (Å²) in [4.78, 5) is 15.8. The van der Waals surface area contributed by atoms with Gasteiger partial charge in [-0.15, -0.1) is 0 Å². The van der Waals surface area contributed by atoms with Crippen molar-refractivity contribution in [2.75, 3.05) is 33.1 Å². The maximum atomic E-state index is 14.3. The van der Waals surface area contributed by atoms with Crippen LogP contribution in [0, 0.1) is 23.5 Å². The lowest BCUT2D eigenvalue weighted by molar-refractivity contribution is -0.0911. The van der Waals surface area contributed by atoms with Gasteiger partial charge in [0.25, 0.3) is 0 Å². The van der Waals surface area contributed by atoms with Crippen LogP contribution in [-0.2, 0) is 42.0 Å². The normalized spacial score (nSPS) is 24.6. The standard InChI is InChI=1S/C38H44F2N2O10S/c1-23(2)18-41(53(44,45)29-9-10-32-33(17-29)50-22-49-32)19-34-31(15-24-5-7-28(8-6-24)47-20-25-13-26(39)16-27(40)14-25)42(38(3,4)52-34)37(43)51-35-21-48-36-30(35)11-12-46-36/h5-10,13-14,16-17,23,30-31,34-36H,11-12,15,18-22H2,1-4H3/t30-,31?,34?,35?,36+/m1/s1. The Balaban J connectivity index is 1.15. The number of nitrogens with zero attached hydrogens (tertiary/aromatic N) is 2. The number of ether oxygens (including phenoxy) is 7. The van der Waals surface area contributed by atoms with Crippen molar-refractivity contribution < 1.29 is 55.2 Å². The highest BCUT2D eigenvalue weighted by atomic mass is 32.2. The lowest BCUT2D eigenvalue weighted by Gasteiger charge is -2.34. The first-order chi connectivity index (χ1) is 25.3. The second-order valence-electron chi connectivity index (χ2n) is 14.6. The molecule has 0 radical (unpaired) electrons. The SMILES string of the molecule is CC(C)CN(CC1OC(C)(C)N(C(=O)OC2CO[C@@H]3OCC[C@H]23)C1Cc1ccc(OCc2cc(F)cc(F)c2)cc1)S(=O)(=O)c1ccc2c(c1)OCO2. The Bertz CT molecular complexity index is 1890. The molecule has 286 valence electrons. The van der Waals surface area contributed by atoms with E-state index in [1.807, 2.05) is 26.0 Å². The molecule has 3 aromatic rings. The number of carbonyl (C=O) groups excluding carboxylic acids is 1. The average Bonchev–Trinajstić information content (AvgIpc) is 3.88. The molecule has 4 heterocycles. The Kier molecular flexibility index (Phi) is 10.6. The smallest absolute Gasteiger partial charge is 0.412 e. The predicted molar refractivity (Wildman–Crippen MR) is 186 cm³/mol. The van der Waals surface area contributed by atoms with Gasteiger partial charge in [0.05, 0.1) is 36.2 Å². The fourth-order valence-corrected chi connectivity index (χ4v) is 9.06. The summed E-state index contributed by atoms with van der Waals surface area (Å²) in [5, 5.41) is 0. The van der Waals surface area contributed by atoms with Crippen LogP contribution < -0.4 is 14.2 Å². The van der Waals surface area contributed by atoms with E-state index in [0.717, 1.165) is 11.6 Å². The van der Waals surface area contributed by atoms with E-state index in [4.69, 9.17) is 33.2 Å². The summed E-state index contributed by atoms with van der Waals surface area (Å²) in [6, 6.07) is 14.2. The molecule has 0 aromatic heterocycles. The fourth-order valence-electron chi connectivity index (χ4n) is 7.43. The second-order valence-corrected chi connectivity index (χ2v) is 16.6. The van der Waals surface area contributed by atoms with Gasteiger partial charge < -0.3 is 33.2 Å². The predicted octanol–water partition coefficient (Wildman–Crippen LogP) is 5.87. The molecule has 5 atom stereocenters. The summed E-state index contributed by atoms with van der Waals surface area (Å²) < 4.78 is 98.0. The summed E-state index contributed by atoms with van der Waals surface area (Å²) in [6.45, 7) is 8.23. The quantitative estimate of drug-likeness (QED) is 0.222. The van der Waals surface area contributed by atoms with Gasteiger partial charge in [-0.3, -0.25) is 4.90 Å². The molecule has 15 heteroatoms. The number of halogens is 2.